The Hall–Kier alpha value is -2.60. The minimum Gasteiger partial charge on any atom is -0.325 e. The van der Waals surface area contributed by atoms with Crippen molar-refractivity contribution < 1.29 is 4.79 Å². The maximum absolute atomic E-state index is 12.9. The van der Waals surface area contributed by atoms with Crippen molar-refractivity contribution in [2.24, 2.45) is 0 Å². The Morgan fingerprint density at radius 2 is 1.79 bits per heavy atom. The highest BCUT2D eigenvalue weighted by atomic mass is 32.2. The lowest BCUT2D eigenvalue weighted by Gasteiger charge is -2.16. The summed E-state index contributed by atoms with van der Waals surface area (Å²) in [5, 5.41) is 12.5. The van der Waals surface area contributed by atoms with Gasteiger partial charge in [0.15, 0.2) is 5.16 Å². The third kappa shape index (κ3) is 4.53. The summed E-state index contributed by atoms with van der Waals surface area (Å²) < 4.78 is 2.18. The van der Waals surface area contributed by atoms with Crippen molar-refractivity contribution in [1.82, 2.24) is 14.8 Å². The lowest BCUT2D eigenvalue weighted by Crippen LogP contribution is -2.24. The van der Waals surface area contributed by atoms with E-state index in [4.69, 9.17) is 0 Å². The SMILES string of the molecule is Cc1cccc(C)c1NC(=O)C(C)Sc1nnc(C2CC2)n1Cc1ccccc1. The number of hydrogen-bond acceptors (Lipinski definition) is 4. The normalized spacial score (nSPS) is 14.6. The molecule has 0 spiro atoms. The van der Waals surface area contributed by atoms with E-state index < -0.39 is 0 Å². The Balaban J connectivity index is 1.52. The molecule has 1 amide bonds. The number of benzene rings is 2. The monoisotopic (exact) mass is 406 g/mol. The number of aryl methyl sites for hydroxylation is 2. The molecule has 0 saturated heterocycles. The van der Waals surface area contributed by atoms with Crippen LogP contribution in [0.5, 0.6) is 0 Å². The third-order valence-electron chi connectivity index (χ3n) is 5.25. The summed E-state index contributed by atoms with van der Waals surface area (Å²) in [4.78, 5) is 12.9. The highest BCUT2D eigenvalue weighted by Crippen LogP contribution is 2.40. The van der Waals surface area contributed by atoms with Gasteiger partial charge in [-0.1, -0.05) is 60.3 Å². The first-order valence-corrected chi connectivity index (χ1v) is 10.9. The molecule has 1 aliphatic carbocycles. The molecule has 1 aromatic heterocycles. The number of nitrogens with one attached hydrogen (secondary N) is 1. The number of hydrogen-bond donors (Lipinski definition) is 1. The number of thioether (sulfide) groups is 1. The van der Waals surface area contributed by atoms with Gasteiger partial charge in [-0.2, -0.15) is 0 Å². The largest absolute Gasteiger partial charge is 0.325 e. The lowest BCUT2D eigenvalue weighted by molar-refractivity contribution is -0.115. The molecule has 1 unspecified atom stereocenters. The molecular formula is C23H26N4OS. The molecule has 6 heteroatoms. The van der Waals surface area contributed by atoms with Crippen LogP contribution in [0.1, 0.15) is 48.2 Å². The van der Waals surface area contributed by atoms with Gasteiger partial charge in [-0.3, -0.25) is 4.79 Å². The molecule has 1 aliphatic rings. The fraction of sp³-hybridized carbons (Fsp3) is 0.348. The van der Waals surface area contributed by atoms with Gasteiger partial charge in [0.1, 0.15) is 5.82 Å². The van der Waals surface area contributed by atoms with E-state index in [-0.39, 0.29) is 11.2 Å². The summed E-state index contributed by atoms with van der Waals surface area (Å²) in [6.07, 6.45) is 2.33. The van der Waals surface area contributed by atoms with Crippen LogP contribution in [0.2, 0.25) is 0 Å². The van der Waals surface area contributed by atoms with E-state index in [1.54, 1.807) is 0 Å². The number of amides is 1. The van der Waals surface area contributed by atoms with E-state index >= 15 is 0 Å². The van der Waals surface area contributed by atoms with E-state index in [1.165, 1.54) is 30.2 Å². The number of nitrogens with zero attached hydrogens (tertiary/aromatic N) is 3. The van der Waals surface area contributed by atoms with E-state index in [0.29, 0.717) is 5.92 Å². The van der Waals surface area contributed by atoms with Crippen molar-refractivity contribution >= 4 is 23.4 Å². The smallest absolute Gasteiger partial charge is 0.237 e. The Bertz CT molecular complexity index is 991. The number of para-hydroxylation sites is 1. The van der Waals surface area contributed by atoms with E-state index in [9.17, 15) is 4.79 Å². The van der Waals surface area contributed by atoms with Crippen molar-refractivity contribution in [3.63, 3.8) is 0 Å². The molecule has 0 aliphatic heterocycles. The molecule has 1 N–H and O–H groups in total. The van der Waals surface area contributed by atoms with Gasteiger partial charge in [-0.15, -0.1) is 10.2 Å². The third-order valence-corrected chi connectivity index (χ3v) is 6.33. The van der Waals surface area contributed by atoms with Crippen LogP contribution in [0.3, 0.4) is 0 Å². The molecule has 2 aromatic carbocycles. The first kappa shape index (κ1) is 19.7. The second-order valence-electron chi connectivity index (χ2n) is 7.70. The van der Waals surface area contributed by atoms with Gasteiger partial charge >= 0.3 is 0 Å². The van der Waals surface area contributed by atoms with Gasteiger partial charge in [0.05, 0.1) is 11.8 Å². The molecule has 1 saturated carbocycles. The predicted octanol–water partition coefficient (Wildman–Crippen LogP) is 4.94. The summed E-state index contributed by atoms with van der Waals surface area (Å²) in [6.45, 7) is 6.68. The quantitative estimate of drug-likeness (QED) is 0.565. The van der Waals surface area contributed by atoms with Crippen LogP contribution in [-0.2, 0) is 11.3 Å². The van der Waals surface area contributed by atoms with Gasteiger partial charge in [-0.05, 0) is 50.3 Å². The van der Waals surface area contributed by atoms with Gasteiger partial charge in [0, 0.05) is 11.6 Å². The zero-order chi connectivity index (χ0) is 20.4. The molecule has 0 bridgehead atoms. The van der Waals surface area contributed by atoms with Crippen LogP contribution >= 0.6 is 11.8 Å². The minimum absolute atomic E-state index is 0.0189. The maximum Gasteiger partial charge on any atom is 0.237 e. The second-order valence-corrected chi connectivity index (χ2v) is 9.01. The van der Waals surface area contributed by atoms with Gasteiger partial charge in [0.25, 0.3) is 0 Å². The van der Waals surface area contributed by atoms with Crippen LogP contribution in [-0.4, -0.2) is 25.9 Å². The molecule has 3 aromatic rings. The molecule has 0 radical (unpaired) electrons. The predicted molar refractivity (Wildman–Crippen MR) is 117 cm³/mol. The summed E-state index contributed by atoms with van der Waals surface area (Å²) in [5.41, 5.74) is 4.25. The summed E-state index contributed by atoms with van der Waals surface area (Å²) in [6, 6.07) is 16.4. The molecule has 29 heavy (non-hydrogen) atoms. The molecular weight excluding hydrogens is 380 g/mol. The lowest BCUT2D eigenvalue weighted by atomic mass is 10.1. The molecule has 150 valence electrons. The van der Waals surface area contributed by atoms with Crippen LogP contribution in [0, 0.1) is 13.8 Å². The topological polar surface area (TPSA) is 59.8 Å². The number of carbonyl (C=O) groups is 1. The van der Waals surface area contributed by atoms with Crippen molar-refractivity contribution in [3.05, 3.63) is 71.0 Å². The average molecular weight is 407 g/mol. The van der Waals surface area contributed by atoms with Crippen LogP contribution in [0.15, 0.2) is 53.7 Å². The van der Waals surface area contributed by atoms with Crippen molar-refractivity contribution in [1.29, 1.82) is 0 Å². The number of carbonyl (C=O) groups excluding carboxylic acids is 1. The van der Waals surface area contributed by atoms with E-state index in [2.05, 4.69) is 32.2 Å². The van der Waals surface area contributed by atoms with Crippen molar-refractivity contribution in [2.75, 3.05) is 5.32 Å². The highest BCUT2D eigenvalue weighted by molar-refractivity contribution is 8.00. The van der Waals surface area contributed by atoms with E-state index in [0.717, 1.165) is 34.3 Å². The number of anilines is 1. The summed E-state index contributed by atoms with van der Waals surface area (Å²) >= 11 is 1.47. The molecule has 5 nitrogen and oxygen atoms in total. The number of rotatable bonds is 7. The number of aromatic nitrogens is 3. The van der Waals surface area contributed by atoms with Crippen molar-refractivity contribution in [3.8, 4) is 0 Å². The van der Waals surface area contributed by atoms with Crippen LogP contribution in [0.25, 0.3) is 0 Å². The second kappa shape index (κ2) is 8.41. The average Bonchev–Trinajstić information content (AvgIpc) is 3.49. The van der Waals surface area contributed by atoms with Crippen LogP contribution < -0.4 is 5.32 Å². The Morgan fingerprint density at radius 3 is 2.45 bits per heavy atom. The first-order chi connectivity index (χ1) is 14.0. The van der Waals surface area contributed by atoms with Crippen molar-refractivity contribution in [2.45, 2.75) is 56.5 Å². The fourth-order valence-electron chi connectivity index (χ4n) is 3.39. The Morgan fingerprint density at radius 1 is 1.10 bits per heavy atom. The Kier molecular flexibility index (Phi) is 5.72. The molecule has 1 fully saturated rings. The first-order valence-electron chi connectivity index (χ1n) is 10.0. The fourth-order valence-corrected chi connectivity index (χ4v) is 4.25. The van der Waals surface area contributed by atoms with Crippen LogP contribution in [0.4, 0.5) is 5.69 Å². The highest BCUT2D eigenvalue weighted by Gasteiger charge is 2.31. The minimum atomic E-state index is -0.278. The Labute approximate surface area is 175 Å². The van der Waals surface area contributed by atoms with Gasteiger partial charge in [-0.25, -0.2) is 0 Å². The zero-order valence-electron chi connectivity index (χ0n) is 17.1. The summed E-state index contributed by atoms with van der Waals surface area (Å²) in [7, 11) is 0. The standard InChI is InChI=1S/C23H26N4OS/c1-15-8-7-9-16(2)20(15)24-22(28)17(3)29-23-26-25-21(19-12-13-19)27(23)14-18-10-5-4-6-11-18/h4-11,17,19H,12-14H2,1-3H3,(H,24,28). The summed E-state index contributed by atoms with van der Waals surface area (Å²) in [5.74, 6) is 1.52. The molecule has 1 atom stereocenters. The molecule has 4 rings (SSSR count). The van der Waals surface area contributed by atoms with Gasteiger partial charge < -0.3 is 9.88 Å². The van der Waals surface area contributed by atoms with E-state index in [1.807, 2.05) is 57.2 Å². The molecule has 1 heterocycles. The zero-order valence-corrected chi connectivity index (χ0v) is 17.9. The maximum atomic E-state index is 12.9. The van der Waals surface area contributed by atoms with Gasteiger partial charge in [0.2, 0.25) is 5.91 Å².